The lowest BCUT2D eigenvalue weighted by molar-refractivity contribution is -0.127. The SMILES string of the molecule is Cc1c[nH]c2nccc(-c3c(-c4cccc5ccoc45)nn4c3CN(C(=O)/C=C/CN(C)C)CC4)c12. The zero-order chi connectivity index (χ0) is 24.8. The van der Waals surface area contributed by atoms with E-state index in [2.05, 4.69) is 23.0 Å². The Bertz CT molecular complexity index is 1620. The van der Waals surface area contributed by atoms with Crippen LogP contribution in [0.2, 0.25) is 0 Å². The van der Waals surface area contributed by atoms with Crippen molar-refractivity contribution in [2.75, 3.05) is 27.2 Å². The quantitative estimate of drug-likeness (QED) is 0.372. The first-order valence-electron chi connectivity index (χ1n) is 12.1. The molecule has 0 bridgehead atoms. The molecule has 36 heavy (non-hydrogen) atoms. The van der Waals surface area contributed by atoms with Crippen molar-refractivity contribution in [3.8, 4) is 22.4 Å². The number of nitrogens with one attached hydrogen (secondary N) is 1. The molecule has 1 aliphatic heterocycles. The summed E-state index contributed by atoms with van der Waals surface area (Å²) in [6.07, 6.45) is 9.11. The number of carbonyl (C=O) groups is 1. The predicted octanol–water partition coefficient (Wildman–Crippen LogP) is 4.61. The number of amides is 1. The Morgan fingerprint density at radius 1 is 1.19 bits per heavy atom. The number of benzene rings is 1. The van der Waals surface area contributed by atoms with E-state index in [-0.39, 0.29) is 5.91 Å². The monoisotopic (exact) mass is 480 g/mol. The second-order valence-electron chi connectivity index (χ2n) is 9.52. The van der Waals surface area contributed by atoms with E-state index in [1.165, 1.54) is 0 Å². The third-order valence-electron chi connectivity index (χ3n) is 6.80. The fourth-order valence-electron chi connectivity index (χ4n) is 5.05. The van der Waals surface area contributed by atoms with Gasteiger partial charge in [0, 0.05) is 53.5 Å². The number of pyridine rings is 1. The molecule has 0 saturated carbocycles. The fourth-order valence-corrected chi connectivity index (χ4v) is 5.05. The van der Waals surface area contributed by atoms with Gasteiger partial charge in [0.25, 0.3) is 0 Å². The highest BCUT2D eigenvalue weighted by Gasteiger charge is 2.29. The van der Waals surface area contributed by atoms with Gasteiger partial charge < -0.3 is 19.2 Å². The summed E-state index contributed by atoms with van der Waals surface area (Å²) in [6, 6.07) is 10.1. The Kier molecular flexibility index (Phi) is 5.45. The van der Waals surface area contributed by atoms with Crippen LogP contribution in [0.15, 0.2) is 65.6 Å². The minimum Gasteiger partial charge on any atom is -0.464 e. The number of carbonyl (C=O) groups excluding carboxylic acids is 1. The number of para-hydroxylation sites is 1. The highest BCUT2D eigenvalue weighted by Crippen LogP contribution is 2.42. The predicted molar refractivity (Wildman–Crippen MR) is 140 cm³/mol. The van der Waals surface area contributed by atoms with Crippen molar-refractivity contribution in [2.24, 2.45) is 0 Å². The zero-order valence-corrected chi connectivity index (χ0v) is 20.7. The normalized spacial score (nSPS) is 13.9. The van der Waals surface area contributed by atoms with E-state index >= 15 is 0 Å². The number of aromatic amines is 1. The lowest BCUT2D eigenvalue weighted by atomic mass is 9.95. The van der Waals surface area contributed by atoms with E-state index in [9.17, 15) is 4.79 Å². The van der Waals surface area contributed by atoms with E-state index in [4.69, 9.17) is 9.52 Å². The van der Waals surface area contributed by atoms with Gasteiger partial charge in [-0.1, -0.05) is 18.2 Å². The molecule has 1 aromatic carbocycles. The second kappa shape index (κ2) is 8.80. The van der Waals surface area contributed by atoms with E-state index < -0.39 is 0 Å². The van der Waals surface area contributed by atoms with Crippen molar-refractivity contribution >= 4 is 27.9 Å². The Balaban J connectivity index is 1.53. The molecule has 1 aliphatic rings. The van der Waals surface area contributed by atoms with Crippen LogP contribution in [0, 0.1) is 6.92 Å². The lowest BCUT2D eigenvalue weighted by Crippen LogP contribution is -2.37. The standard InChI is InChI=1S/C28H28N6O2/c1-18-16-30-28-24(18)20(9-11-29-28)25-22-17-33(23(35)8-5-12-32(2)3)13-14-34(22)31-26(25)21-7-4-6-19-10-15-36-27(19)21/h4-11,15-16H,12-14,17H2,1-3H3,(H,29,30)/b8-5+. The molecule has 182 valence electrons. The van der Waals surface area contributed by atoms with Crippen molar-refractivity contribution in [3.63, 3.8) is 0 Å². The molecule has 1 amide bonds. The summed E-state index contributed by atoms with van der Waals surface area (Å²) in [5.41, 5.74) is 7.65. The molecular weight excluding hydrogens is 452 g/mol. The van der Waals surface area contributed by atoms with Gasteiger partial charge in [-0.15, -0.1) is 0 Å². The minimum atomic E-state index is 0.0163. The van der Waals surface area contributed by atoms with Gasteiger partial charge in [0.05, 0.1) is 25.0 Å². The van der Waals surface area contributed by atoms with Crippen LogP contribution in [0.1, 0.15) is 11.3 Å². The minimum absolute atomic E-state index is 0.0163. The summed E-state index contributed by atoms with van der Waals surface area (Å²) in [6.45, 7) is 4.53. The molecule has 5 heterocycles. The Labute approximate surface area is 208 Å². The largest absolute Gasteiger partial charge is 0.464 e. The molecule has 0 atom stereocenters. The molecule has 0 unspecified atom stereocenters. The molecule has 5 aromatic rings. The molecule has 0 spiro atoms. The van der Waals surface area contributed by atoms with Crippen molar-refractivity contribution in [1.82, 2.24) is 29.5 Å². The molecular formula is C28H28N6O2. The highest BCUT2D eigenvalue weighted by atomic mass is 16.3. The van der Waals surface area contributed by atoms with Crippen LogP contribution in [0.3, 0.4) is 0 Å². The maximum absolute atomic E-state index is 13.0. The number of rotatable bonds is 5. The first kappa shape index (κ1) is 22.3. The third-order valence-corrected chi connectivity index (χ3v) is 6.80. The number of furan rings is 1. The maximum Gasteiger partial charge on any atom is 0.246 e. The van der Waals surface area contributed by atoms with Gasteiger partial charge in [-0.05, 0) is 50.3 Å². The molecule has 0 radical (unpaired) electrons. The molecule has 8 nitrogen and oxygen atoms in total. The van der Waals surface area contributed by atoms with Gasteiger partial charge in [-0.2, -0.15) is 5.10 Å². The van der Waals surface area contributed by atoms with E-state index in [1.807, 2.05) is 71.3 Å². The molecule has 6 rings (SSSR count). The molecule has 1 N–H and O–H groups in total. The van der Waals surface area contributed by atoms with Crippen molar-refractivity contribution in [1.29, 1.82) is 0 Å². The number of H-pyrrole nitrogens is 1. The topological polar surface area (TPSA) is 83.2 Å². The van der Waals surface area contributed by atoms with Crippen LogP contribution in [0.5, 0.6) is 0 Å². The summed E-state index contributed by atoms with van der Waals surface area (Å²) in [7, 11) is 3.97. The summed E-state index contributed by atoms with van der Waals surface area (Å²) < 4.78 is 7.95. The van der Waals surface area contributed by atoms with Gasteiger partial charge >= 0.3 is 0 Å². The van der Waals surface area contributed by atoms with Crippen molar-refractivity contribution in [2.45, 2.75) is 20.0 Å². The number of aromatic nitrogens is 4. The number of hydrogen-bond donors (Lipinski definition) is 1. The summed E-state index contributed by atoms with van der Waals surface area (Å²) in [5, 5.41) is 7.19. The fraction of sp³-hybridized carbons (Fsp3) is 0.250. The number of nitrogens with zero attached hydrogens (tertiary/aromatic N) is 5. The number of aryl methyl sites for hydroxylation is 1. The number of hydrogen-bond acceptors (Lipinski definition) is 5. The highest BCUT2D eigenvalue weighted by molar-refractivity contribution is 6.03. The van der Waals surface area contributed by atoms with Gasteiger partial charge in [-0.25, -0.2) is 4.98 Å². The van der Waals surface area contributed by atoms with Crippen LogP contribution in [0.4, 0.5) is 0 Å². The number of likely N-dealkylation sites (N-methyl/N-ethyl adjacent to an activating group) is 1. The molecule has 8 heteroatoms. The van der Waals surface area contributed by atoms with Crippen LogP contribution >= 0.6 is 0 Å². The van der Waals surface area contributed by atoms with E-state index in [0.717, 1.165) is 62.2 Å². The molecule has 4 aromatic heterocycles. The third kappa shape index (κ3) is 3.70. The van der Waals surface area contributed by atoms with Crippen LogP contribution in [0.25, 0.3) is 44.4 Å². The van der Waals surface area contributed by atoms with Crippen LogP contribution in [-0.2, 0) is 17.9 Å². The molecule has 0 fully saturated rings. The average Bonchev–Trinajstić information content (AvgIpc) is 3.60. The smallest absolute Gasteiger partial charge is 0.246 e. The Hall–Kier alpha value is -4.17. The van der Waals surface area contributed by atoms with Crippen molar-refractivity contribution in [3.05, 3.63) is 72.4 Å². The lowest BCUT2D eigenvalue weighted by Gasteiger charge is -2.27. The zero-order valence-electron chi connectivity index (χ0n) is 20.7. The first-order chi connectivity index (χ1) is 17.5. The summed E-state index contributed by atoms with van der Waals surface area (Å²) >= 11 is 0. The first-order valence-corrected chi connectivity index (χ1v) is 12.1. The Morgan fingerprint density at radius 2 is 2.08 bits per heavy atom. The van der Waals surface area contributed by atoms with Crippen LogP contribution < -0.4 is 0 Å². The van der Waals surface area contributed by atoms with Gasteiger partial charge in [-0.3, -0.25) is 9.48 Å². The molecule has 0 saturated heterocycles. The number of fused-ring (bicyclic) bond motifs is 3. The van der Waals surface area contributed by atoms with E-state index in [1.54, 1.807) is 12.3 Å². The van der Waals surface area contributed by atoms with Crippen molar-refractivity contribution < 1.29 is 9.21 Å². The van der Waals surface area contributed by atoms with Gasteiger partial charge in [0.1, 0.15) is 16.9 Å². The van der Waals surface area contributed by atoms with Gasteiger partial charge in [0.15, 0.2) is 0 Å². The average molecular weight is 481 g/mol. The molecule has 0 aliphatic carbocycles. The van der Waals surface area contributed by atoms with Crippen LogP contribution in [-0.4, -0.2) is 62.6 Å². The summed E-state index contributed by atoms with van der Waals surface area (Å²) in [5.74, 6) is 0.0163. The van der Waals surface area contributed by atoms with Gasteiger partial charge in [0.2, 0.25) is 5.91 Å². The van der Waals surface area contributed by atoms with E-state index in [0.29, 0.717) is 19.6 Å². The summed E-state index contributed by atoms with van der Waals surface area (Å²) in [4.78, 5) is 24.8. The Morgan fingerprint density at radius 3 is 2.94 bits per heavy atom. The second-order valence-corrected chi connectivity index (χ2v) is 9.52. The maximum atomic E-state index is 13.0.